The first kappa shape index (κ1) is 27.3. The molecule has 0 aliphatic rings. The number of thiazole rings is 1. The Hall–Kier alpha value is -3.73. The molecule has 4 aromatic rings. The summed E-state index contributed by atoms with van der Waals surface area (Å²) in [5.74, 6) is 0.880. The molecule has 0 bridgehead atoms. The molecular weight excluding hydrogens is 522 g/mol. The van der Waals surface area contributed by atoms with Crippen molar-refractivity contribution in [2.75, 3.05) is 19.5 Å². The van der Waals surface area contributed by atoms with Gasteiger partial charge >= 0.3 is 0 Å². The third-order valence-corrected chi connectivity index (χ3v) is 8.68. The Morgan fingerprint density at radius 3 is 2.34 bits per heavy atom. The molecule has 4 rings (SSSR count). The second kappa shape index (κ2) is 11.8. The van der Waals surface area contributed by atoms with Crippen molar-refractivity contribution in [3.05, 3.63) is 89.3 Å². The SMILES string of the molecule is COc1ccc(-c2csc(NC(=O)c3ccc(S(=O)(=O)N(Cc4ccccc4)C(C)C)cc3)n2)c(OC)c1. The molecule has 0 fully saturated rings. The lowest BCUT2D eigenvalue weighted by Crippen LogP contribution is -2.36. The number of rotatable bonds is 10. The zero-order valence-electron chi connectivity index (χ0n) is 21.5. The molecule has 0 radical (unpaired) electrons. The Balaban J connectivity index is 1.49. The highest BCUT2D eigenvalue weighted by molar-refractivity contribution is 7.89. The highest BCUT2D eigenvalue weighted by Gasteiger charge is 2.27. The Morgan fingerprint density at radius 1 is 1.00 bits per heavy atom. The van der Waals surface area contributed by atoms with Crippen LogP contribution in [0, 0.1) is 0 Å². The molecule has 1 amide bonds. The Kier molecular flexibility index (Phi) is 8.45. The molecule has 0 aliphatic carbocycles. The van der Waals surface area contributed by atoms with E-state index in [-0.39, 0.29) is 23.4 Å². The molecule has 0 saturated heterocycles. The summed E-state index contributed by atoms with van der Waals surface area (Å²) in [7, 11) is -0.618. The van der Waals surface area contributed by atoms with Crippen LogP contribution in [-0.4, -0.2) is 43.9 Å². The van der Waals surface area contributed by atoms with Crippen LogP contribution in [0.4, 0.5) is 5.13 Å². The predicted molar refractivity (Wildman–Crippen MR) is 149 cm³/mol. The van der Waals surface area contributed by atoms with Gasteiger partial charge in [0.1, 0.15) is 11.5 Å². The lowest BCUT2D eigenvalue weighted by atomic mass is 10.1. The minimum Gasteiger partial charge on any atom is -0.497 e. The fourth-order valence-corrected chi connectivity index (χ4v) is 6.19. The van der Waals surface area contributed by atoms with Gasteiger partial charge in [0.2, 0.25) is 10.0 Å². The van der Waals surface area contributed by atoms with Crippen molar-refractivity contribution in [1.29, 1.82) is 0 Å². The fourth-order valence-electron chi connectivity index (χ4n) is 3.86. The van der Waals surface area contributed by atoms with E-state index in [9.17, 15) is 13.2 Å². The first-order valence-corrected chi connectivity index (χ1v) is 14.2. The standard InChI is InChI=1S/C28H29N3O5S2/c1-19(2)31(17-20-8-6-5-7-9-20)38(33,34)23-13-10-21(11-14-23)27(32)30-28-29-25(18-37-28)24-15-12-22(35-3)16-26(24)36-4/h5-16,18-19H,17H2,1-4H3,(H,29,30,32). The molecule has 38 heavy (non-hydrogen) atoms. The van der Waals surface area contributed by atoms with E-state index < -0.39 is 10.0 Å². The van der Waals surface area contributed by atoms with Crippen LogP contribution in [0.15, 0.2) is 83.1 Å². The molecule has 0 aliphatic heterocycles. The summed E-state index contributed by atoms with van der Waals surface area (Å²) in [5.41, 5.74) is 2.64. The number of nitrogens with one attached hydrogen (secondary N) is 1. The zero-order valence-corrected chi connectivity index (χ0v) is 23.2. The van der Waals surface area contributed by atoms with Crippen LogP contribution < -0.4 is 14.8 Å². The van der Waals surface area contributed by atoms with Crippen LogP contribution in [0.3, 0.4) is 0 Å². The number of carbonyl (C=O) groups excluding carboxylic acids is 1. The van der Waals surface area contributed by atoms with Crippen LogP contribution in [0.25, 0.3) is 11.3 Å². The van der Waals surface area contributed by atoms with Crippen LogP contribution in [0.1, 0.15) is 29.8 Å². The van der Waals surface area contributed by atoms with Gasteiger partial charge in [-0.3, -0.25) is 10.1 Å². The summed E-state index contributed by atoms with van der Waals surface area (Å²) >= 11 is 1.28. The summed E-state index contributed by atoms with van der Waals surface area (Å²) < 4.78 is 38.9. The lowest BCUT2D eigenvalue weighted by Gasteiger charge is -2.26. The molecule has 198 valence electrons. The number of hydrogen-bond acceptors (Lipinski definition) is 7. The van der Waals surface area contributed by atoms with Crippen molar-refractivity contribution in [3.8, 4) is 22.8 Å². The van der Waals surface area contributed by atoms with Gasteiger partial charge in [0.05, 0.1) is 24.8 Å². The summed E-state index contributed by atoms with van der Waals surface area (Å²) in [6.07, 6.45) is 0. The molecule has 0 unspecified atom stereocenters. The molecule has 3 aromatic carbocycles. The Bertz CT molecular complexity index is 1500. The van der Waals surface area contributed by atoms with Gasteiger partial charge in [-0.2, -0.15) is 4.31 Å². The average molecular weight is 552 g/mol. The summed E-state index contributed by atoms with van der Waals surface area (Å²) in [5, 5.41) is 5.02. The number of aromatic nitrogens is 1. The molecule has 0 saturated carbocycles. The van der Waals surface area contributed by atoms with Gasteiger partial charge in [0, 0.05) is 35.2 Å². The normalized spacial score (nSPS) is 11.5. The van der Waals surface area contributed by atoms with Gasteiger partial charge in [-0.05, 0) is 55.8 Å². The van der Waals surface area contributed by atoms with E-state index in [0.29, 0.717) is 27.9 Å². The number of methoxy groups -OCH3 is 2. The van der Waals surface area contributed by atoms with Crippen molar-refractivity contribution in [3.63, 3.8) is 0 Å². The highest BCUT2D eigenvalue weighted by Crippen LogP contribution is 2.35. The van der Waals surface area contributed by atoms with Crippen molar-refractivity contribution >= 4 is 32.4 Å². The number of ether oxygens (including phenoxy) is 2. The van der Waals surface area contributed by atoms with Crippen molar-refractivity contribution in [2.24, 2.45) is 0 Å². The molecule has 10 heteroatoms. The van der Waals surface area contributed by atoms with E-state index in [1.807, 2.05) is 61.7 Å². The smallest absolute Gasteiger partial charge is 0.257 e. The van der Waals surface area contributed by atoms with Gasteiger partial charge in [0.15, 0.2) is 5.13 Å². The molecule has 8 nitrogen and oxygen atoms in total. The van der Waals surface area contributed by atoms with E-state index in [4.69, 9.17) is 9.47 Å². The number of carbonyl (C=O) groups is 1. The van der Waals surface area contributed by atoms with E-state index in [0.717, 1.165) is 11.1 Å². The van der Waals surface area contributed by atoms with E-state index in [1.54, 1.807) is 20.3 Å². The van der Waals surface area contributed by atoms with Crippen LogP contribution in [0.2, 0.25) is 0 Å². The van der Waals surface area contributed by atoms with Gasteiger partial charge in [-0.25, -0.2) is 13.4 Å². The summed E-state index contributed by atoms with van der Waals surface area (Å²) in [6.45, 7) is 3.94. The maximum absolute atomic E-state index is 13.4. The van der Waals surface area contributed by atoms with Crippen molar-refractivity contribution in [1.82, 2.24) is 9.29 Å². The fraction of sp³-hybridized carbons (Fsp3) is 0.214. The Labute approximate surface area is 226 Å². The van der Waals surface area contributed by atoms with E-state index in [2.05, 4.69) is 10.3 Å². The molecule has 1 N–H and O–H groups in total. The van der Waals surface area contributed by atoms with Crippen LogP contribution >= 0.6 is 11.3 Å². The molecule has 0 atom stereocenters. The largest absolute Gasteiger partial charge is 0.497 e. The first-order chi connectivity index (χ1) is 18.2. The monoisotopic (exact) mass is 551 g/mol. The summed E-state index contributed by atoms with van der Waals surface area (Å²) in [6, 6.07) is 20.6. The number of hydrogen-bond donors (Lipinski definition) is 1. The maximum atomic E-state index is 13.4. The van der Waals surface area contributed by atoms with Gasteiger partial charge in [-0.15, -0.1) is 11.3 Å². The van der Waals surface area contributed by atoms with Gasteiger partial charge in [0.25, 0.3) is 5.91 Å². The van der Waals surface area contributed by atoms with Crippen LogP contribution in [-0.2, 0) is 16.6 Å². The van der Waals surface area contributed by atoms with E-state index in [1.165, 1.54) is 39.9 Å². The van der Waals surface area contributed by atoms with Gasteiger partial charge < -0.3 is 9.47 Å². The number of benzene rings is 3. The topological polar surface area (TPSA) is 97.8 Å². The molecule has 0 spiro atoms. The number of amides is 1. The van der Waals surface area contributed by atoms with Crippen LogP contribution in [0.5, 0.6) is 11.5 Å². The first-order valence-electron chi connectivity index (χ1n) is 11.9. The number of anilines is 1. The van der Waals surface area contributed by atoms with Crippen molar-refractivity contribution < 1.29 is 22.7 Å². The zero-order chi connectivity index (χ0) is 27.3. The quantitative estimate of drug-likeness (QED) is 0.272. The highest BCUT2D eigenvalue weighted by atomic mass is 32.2. The minimum absolute atomic E-state index is 0.127. The maximum Gasteiger partial charge on any atom is 0.257 e. The molecule has 1 aromatic heterocycles. The van der Waals surface area contributed by atoms with Crippen molar-refractivity contribution in [2.45, 2.75) is 31.3 Å². The number of sulfonamides is 1. The van der Waals surface area contributed by atoms with Gasteiger partial charge in [-0.1, -0.05) is 30.3 Å². The average Bonchev–Trinajstić information content (AvgIpc) is 3.39. The third kappa shape index (κ3) is 6.04. The Morgan fingerprint density at radius 2 is 1.71 bits per heavy atom. The lowest BCUT2D eigenvalue weighted by molar-refractivity contribution is 0.102. The van der Waals surface area contributed by atoms with E-state index >= 15 is 0 Å². The predicted octanol–water partition coefficient (Wildman–Crippen LogP) is 5.68. The minimum atomic E-state index is -3.77. The second-order valence-corrected chi connectivity index (χ2v) is 11.5. The second-order valence-electron chi connectivity index (χ2n) is 8.71. The number of nitrogens with zero attached hydrogens (tertiary/aromatic N) is 2. The molecular formula is C28H29N3O5S2. The third-order valence-electron chi connectivity index (χ3n) is 5.89. The molecule has 1 heterocycles. The summed E-state index contributed by atoms with van der Waals surface area (Å²) in [4.78, 5) is 17.5.